The lowest BCUT2D eigenvalue weighted by molar-refractivity contribution is 0.309. The molecule has 134 valence electrons. The number of hydrogen-bond acceptors (Lipinski definition) is 2. The van der Waals surface area contributed by atoms with Crippen molar-refractivity contribution < 1.29 is 0 Å². The van der Waals surface area contributed by atoms with Crippen LogP contribution in [0.2, 0.25) is 0 Å². The summed E-state index contributed by atoms with van der Waals surface area (Å²) < 4.78 is 0. The van der Waals surface area contributed by atoms with Crippen molar-refractivity contribution in [3.8, 4) is 23.7 Å². The zero-order valence-corrected chi connectivity index (χ0v) is 16.5. The van der Waals surface area contributed by atoms with Gasteiger partial charge < -0.3 is 0 Å². The van der Waals surface area contributed by atoms with Crippen molar-refractivity contribution in [3.63, 3.8) is 0 Å². The summed E-state index contributed by atoms with van der Waals surface area (Å²) in [7, 11) is 0. The zero-order valence-electron chi connectivity index (χ0n) is 15.7. The first kappa shape index (κ1) is 19.1. The summed E-state index contributed by atoms with van der Waals surface area (Å²) in [6, 6.07) is 15.8. The summed E-state index contributed by atoms with van der Waals surface area (Å²) in [5.74, 6) is 14.7. The first-order valence-corrected chi connectivity index (χ1v) is 9.99. The van der Waals surface area contributed by atoms with E-state index in [1.165, 1.54) is 32.1 Å². The molecule has 0 aliphatic heterocycles. The van der Waals surface area contributed by atoms with Gasteiger partial charge in [0.05, 0.1) is 10.8 Å². The molecule has 0 atom stereocenters. The third-order valence-corrected chi connectivity index (χ3v) is 5.21. The molecule has 0 bridgehead atoms. The summed E-state index contributed by atoms with van der Waals surface area (Å²) in [4.78, 5) is 3.94. The van der Waals surface area contributed by atoms with E-state index in [0.29, 0.717) is 5.92 Å². The number of isothiocyanates is 1. The van der Waals surface area contributed by atoms with Gasteiger partial charge in [-0.3, -0.25) is 0 Å². The predicted octanol–water partition coefficient (Wildman–Crippen LogP) is 6.39. The van der Waals surface area contributed by atoms with E-state index in [1.807, 2.05) is 36.4 Å². The Morgan fingerprint density at radius 2 is 1.33 bits per heavy atom. The molecule has 27 heavy (non-hydrogen) atoms. The number of hydrogen-bond donors (Lipinski definition) is 0. The maximum atomic E-state index is 4.60. The lowest BCUT2D eigenvalue weighted by atomic mass is 9.81. The number of thiocarbonyl (C=S) groups is 1. The Labute approximate surface area is 167 Å². The molecule has 1 aliphatic rings. The van der Waals surface area contributed by atoms with Crippen LogP contribution in [0, 0.1) is 35.5 Å². The minimum Gasteiger partial charge on any atom is -0.195 e. The minimum atomic E-state index is 0.567. The fourth-order valence-corrected chi connectivity index (χ4v) is 3.46. The fourth-order valence-electron chi connectivity index (χ4n) is 3.35. The number of rotatable bonds is 2. The van der Waals surface area contributed by atoms with Gasteiger partial charge in [-0.05, 0) is 92.4 Å². The topological polar surface area (TPSA) is 12.4 Å². The van der Waals surface area contributed by atoms with E-state index in [0.717, 1.165) is 28.3 Å². The van der Waals surface area contributed by atoms with Gasteiger partial charge in [-0.25, -0.2) is 0 Å². The highest BCUT2D eigenvalue weighted by Crippen LogP contribution is 2.30. The van der Waals surface area contributed by atoms with Crippen molar-refractivity contribution in [2.24, 2.45) is 16.8 Å². The van der Waals surface area contributed by atoms with Gasteiger partial charge in [0.25, 0.3) is 0 Å². The monoisotopic (exact) mass is 369 g/mol. The van der Waals surface area contributed by atoms with Crippen LogP contribution in [0.25, 0.3) is 0 Å². The van der Waals surface area contributed by atoms with Crippen LogP contribution in [0.15, 0.2) is 53.5 Å². The zero-order chi connectivity index (χ0) is 18.9. The molecular weight excluding hydrogens is 346 g/mol. The molecule has 0 amide bonds. The van der Waals surface area contributed by atoms with Gasteiger partial charge in [0.1, 0.15) is 0 Å². The molecule has 0 saturated heterocycles. The van der Waals surface area contributed by atoms with E-state index >= 15 is 0 Å². The van der Waals surface area contributed by atoms with Crippen LogP contribution >= 0.6 is 12.2 Å². The molecule has 2 aromatic carbocycles. The molecule has 0 N–H and O–H groups in total. The van der Waals surface area contributed by atoms with E-state index < -0.39 is 0 Å². The molecule has 1 fully saturated rings. The molecule has 0 unspecified atom stereocenters. The van der Waals surface area contributed by atoms with E-state index in [9.17, 15) is 0 Å². The molecule has 0 heterocycles. The highest BCUT2D eigenvalue weighted by Gasteiger charge is 2.17. The molecule has 0 spiro atoms. The van der Waals surface area contributed by atoms with Crippen molar-refractivity contribution in [2.75, 3.05) is 0 Å². The lowest BCUT2D eigenvalue weighted by Crippen LogP contribution is -2.12. The van der Waals surface area contributed by atoms with Crippen LogP contribution in [0.1, 0.15) is 55.7 Å². The Balaban J connectivity index is 1.60. The van der Waals surface area contributed by atoms with Crippen molar-refractivity contribution >= 4 is 23.1 Å². The Morgan fingerprint density at radius 3 is 1.85 bits per heavy atom. The SMILES string of the molecule is CCC1CCC(C#Cc2ccc(C#Cc3ccc(N=C=S)cc3)cc2)CC1. The number of aliphatic imine (C=N–C) groups is 1. The minimum absolute atomic E-state index is 0.567. The highest BCUT2D eigenvalue weighted by molar-refractivity contribution is 7.78. The van der Waals surface area contributed by atoms with Crippen LogP contribution < -0.4 is 0 Å². The van der Waals surface area contributed by atoms with Crippen LogP contribution in [0.4, 0.5) is 5.69 Å². The van der Waals surface area contributed by atoms with Crippen molar-refractivity contribution in [1.29, 1.82) is 0 Å². The maximum absolute atomic E-state index is 4.60. The lowest BCUT2D eigenvalue weighted by Gasteiger charge is -2.24. The summed E-state index contributed by atoms with van der Waals surface area (Å²) >= 11 is 4.60. The molecule has 1 saturated carbocycles. The van der Waals surface area contributed by atoms with Crippen molar-refractivity contribution in [3.05, 3.63) is 65.2 Å². The van der Waals surface area contributed by atoms with Gasteiger partial charge in [0, 0.05) is 22.6 Å². The molecule has 0 aromatic heterocycles. The Morgan fingerprint density at radius 1 is 0.815 bits per heavy atom. The molecule has 1 aliphatic carbocycles. The second-order valence-corrected chi connectivity index (χ2v) is 7.16. The highest BCUT2D eigenvalue weighted by atomic mass is 32.1. The van der Waals surface area contributed by atoms with Gasteiger partial charge in [-0.2, -0.15) is 4.99 Å². The third-order valence-electron chi connectivity index (χ3n) is 5.12. The van der Waals surface area contributed by atoms with E-state index in [2.05, 4.69) is 65.1 Å². The average Bonchev–Trinajstić information content (AvgIpc) is 2.73. The Hall–Kier alpha value is -2.64. The van der Waals surface area contributed by atoms with Crippen molar-refractivity contribution in [1.82, 2.24) is 0 Å². The normalized spacial score (nSPS) is 18.3. The predicted molar refractivity (Wildman–Crippen MR) is 116 cm³/mol. The number of benzene rings is 2. The quantitative estimate of drug-likeness (QED) is 0.339. The molecule has 0 radical (unpaired) electrons. The van der Waals surface area contributed by atoms with Crippen LogP contribution in [0.3, 0.4) is 0 Å². The summed E-state index contributed by atoms with van der Waals surface area (Å²) in [6.45, 7) is 2.30. The maximum Gasteiger partial charge on any atom is 0.0740 e. The van der Waals surface area contributed by atoms with Crippen LogP contribution in [-0.4, -0.2) is 5.16 Å². The van der Waals surface area contributed by atoms with Gasteiger partial charge in [0.15, 0.2) is 0 Å². The number of nitrogens with zero attached hydrogens (tertiary/aromatic N) is 1. The summed E-state index contributed by atoms with van der Waals surface area (Å²) in [5.41, 5.74) is 3.80. The van der Waals surface area contributed by atoms with Gasteiger partial charge in [-0.15, -0.1) is 0 Å². The van der Waals surface area contributed by atoms with E-state index in [-0.39, 0.29) is 0 Å². The molecule has 2 heteroatoms. The second kappa shape index (κ2) is 9.89. The summed E-state index contributed by atoms with van der Waals surface area (Å²) in [5, 5.41) is 2.36. The van der Waals surface area contributed by atoms with Crippen LogP contribution in [-0.2, 0) is 0 Å². The van der Waals surface area contributed by atoms with E-state index in [4.69, 9.17) is 0 Å². The Bertz CT molecular complexity index is 918. The average molecular weight is 370 g/mol. The van der Waals surface area contributed by atoms with E-state index in [1.54, 1.807) is 0 Å². The molecule has 2 aromatic rings. The molecule has 1 nitrogen and oxygen atoms in total. The fraction of sp³-hybridized carbons (Fsp3) is 0.320. The summed E-state index contributed by atoms with van der Waals surface area (Å²) in [6.07, 6.45) is 6.49. The smallest absolute Gasteiger partial charge is 0.0740 e. The first-order chi connectivity index (χ1) is 13.3. The largest absolute Gasteiger partial charge is 0.195 e. The first-order valence-electron chi connectivity index (χ1n) is 9.58. The van der Waals surface area contributed by atoms with Gasteiger partial charge in [0.2, 0.25) is 0 Å². The van der Waals surface area contributed by atoms with Crippen LogP contribution in [0.5, 0.6) is 0 Å². The second-order valence-electron chi connectivity index (χ2n) is 6.97. The van der Waals surface area contributed by atoms with Gasteiger partial charge in [-0.1, -0.05) is 37.0 Å². The third kappa shape index (κ3) is 5.94. The standard InChI is InChI=1S/C25H23NS/c1-2-20-3-5-21(6-4-20)7-8-22-9-11-23(12-10-22)13-14-24-15-17-25(18-16-24)26-19-27/h9-12,15-18,20-21H,2-6H2,1H3. The molecule has 3 rings (SSSR count). The Kier molecular flexibility index (Phi) is 7.01. The molecular formula is C25H23NS. The van der Waals surface area contributed by atoms with Gasteiger partial charge >= 0.3 is 0 Å². The van der Waals surface area contributed by atoms with Crippen molar-refractivity contribution in [2.45, 2.75) is 39.0 Å².